The summed E-state index contributed by atoms with van der Waals surface area (Å²) in [5.41, 5.74) is 2.02. The second-order valence-corrected chi connectivity index (χ2v) is 10.8. The van der Waals surface area contributed by atoms with Crippen LogP contribution in [0, 0.1) is 5.92 Å². The molecule has 0 bridgehead atoms. The molecule has 45 heavy (non-hydrogen) atoms. The van der Waals surface area contributed by atoms with Crippen molar-refractivity contribution >= 4 is 17.9 Å². The number of ether oxygens (including phenoxy) is 3. The number of carboxylic acids is 1. The van der Waals surface area contributed by atoms with Crippen LogP contribution in [0.4, 0.5) is 18.0 Å². The SMILES string of the molecule is COCCCOc1cc(CN(C(=O)[C@@H]2CNC[C@H](NC(=O)NCc3ccccc3)C2)C2CC2)cc(OC)c1.O=C(O)C(F)(F)F. The normalized spacial score (nSPS) is 17.7. The van der Waals surface area contributed by atoms with Gasteiger partial charge in [-0.15, -0.1) is 0 Å². The van der Waals surface area contributed by atoms with Gasteiger partial charge in [0.15, 0.2) is 0 Å². The summed E-state index contributed by atoms with van der Waals surface area (Å²) in [7, 11) is 3.31. The van der Waals surface area contributed by atoms with E-state index in [2.05, 4.69) is 16.0 Å². The van der Waals surface area contributed by atoms with Crippen LogP contribution in [0.3, 0.4) is 0 Å². The highest BCUT2D eigenvalue weighted by Crippen LogP contribution is 2.32. The minimum absolute atomic E-state index is 0.113. The standard InChI is InChI=1S/C29H40N4O5.C2HF3O2/c1-36-11-6-12-38-27-14-22(13-26(16-27)37-2)20-33(25-9-10-25)28(34)23-15-24(19-30-18-23)32-29(35)31-17-21-7-4-3-5-8-21;3-2(4,5)1(6)7/h3-5,7-8,13-14,16,23-25,30H,6,9-12,15,17-20H2,1-2H3,(H2,31,32,35);(H,6,7)/t23-,24+;/m0./s1. The number of carboxylic acid groups (broad SMARTS) is 1. The van der Waals surface area contributed by atoms with Gasteiger partial charge in [0, 0.05) is 64.5 Å². The molecule has 2 fully saturated rings. The van der Waals surface area contributed by atoms with Crippen LogP contribution in [0.1, 0.15) is 36.8 Å². The molecule has 1 aliphatic carbocycles. The molecule has 1 saturated carbocycles. The first-order valence-electron chi connectivity index (χ1n) is 14.7. The average Bonchev–Trinajstić information content (AvgIpc) is 3.87. The van der Waals surface area contributed by atoms with Crippen LogP contribution < -0.4 is 25.4 Å². The minimum atomic E-state index is -5.08. The molecule has 0 spiro atoms. The quantitative estimate of drug-likeness (QED) is 0.244. The lowest BCUT2D eigenvalue weighted by Gasteiger charge is -2.34. The smallest absolute Gasteiger partial charge is 0.490 e. The van der Waals surface area contributed by atoms with Crippen molar-refractivity contribution in [2.45, 2.75) is 57.0 Å². The van der Waals surface area contributed by atoms with Gasteiger partial charge < -0.3 is 40.2 Å². The number of carbonyl (C=O) groups excluding carboxylic acids is 2. The van der Waals surface area contributed by atoms with Crippen LogP contribution >= 0.6 is 0 Å². The first-order valence-corrected chi connectivity index (χ1v) is 14.7. The van der Waals surface area contributed by atoms with Crippen molar-refractivity contribution in [3.8, 4) is 11.5 Å². The van der Waals surface area contributed by atoms with E-state index in [0.717, 1.165) is 36.1 Å². The number of alkyl halides is 3. The lowest BCUT2D eigenvalue weighted by Crippen LogP contribution is -2.54. The summed E-state index contributed by atoms with van der Waals surface area (Å²) in [5, 5.41) is 16.4. The highest BCUT2D eigenvalue weighted by molar-refractivity contribution is 5.80. The number of nitrogens with zero attached hydrogens (tertiary/aromatic N) is 1. The number of aliphatic carboxylic acids is 1. The van der Waals surface area contributed by atoms with Crippen LogP contribution in [-0.2, 0) is 27.4 Å². The average molecular weight is 639 g/mol. The number of nitrogens with one attached hydrogen (secondary N) is 3. The van der Waals surface area contributed by atoms with Gasteiger partial charge >= 0.3 is 18.2 Å². The van der Waals surface area contributed by atoms with Crippen molar-refractivity contribution in [2.75, 3.05) is 40.5 Å². The monoisotopic (exact) mass is 638 g/mol. The van der Waals surface area contributed by atoms with E-state index in [1.807, 2.05) is 53.4 Å². The lowest BCUT2D eigenvalue weighted by molar-refractivity contribution is -0.192. The van der Waals surface area contributed by atoms with Crippen molar-refractivity contribution in [2.24, 2.45) is 5.92 Å². The molecule has 14 heteroatoms. The van der Waals surface area contributed by atoms with E-state index in [9.17, 15) is 22.8 Å². The van der Waals surface area contributed by atoms with Crippen LogP contribution in [-0.4, -0.2) is 86.7 Å². The maximum atomic E-state index is 13.7. The van der Waals surface area contributed by atoms with Gasteiger partial charge in [0.25, 0.3) is 0 Å². The molecule has 3 amide bonds. The van der Waals surface area contributed by atoms with Gasteiger partial charge in [-0.1, -0.05) is 30.3 Å². The second kappa shape index (κ2) is 17.4. The molecular weight excluding hydrogens is 597 g/mol. The molecule has 2 aromatic carbocycles. The van der Waals surface area contributed by atoms with E-state index in [1.54, 1.807) is 14.2 Å². The maximum absolute atomic E-state index is 13.7. The first kappa shape index (κ1) is 35.4. The number of halogens is 3. The Balaban J connectivity index is 0.000000707. The van der Waals surface area contributed by atoms with E-state index in [4.69, 9.17) is 24.1 Å². The molecule has 1 saturated heterocycles. The number of hydrogen-bond acceptors (Lipinski definition) is 7. The number of hydrogen-bond donors (Lipinski definition) is 4. The van der Waals surface area contributed by atoms with Gasteiger partial charge in [-0.05, 0) is 42.5 Å². The number of piperidine rings is 1. The molecule has 2 aromatic rings. The van der Waals surface area contributed by atoms with Gasteiger partial charge in [-0.3, -0.25) is 4.79 Å². The molecule has 0 unspecified atom stereocenters. The molecule has 4 rings (SSSR count). The van der Waals surface area contributed by atoms with Gasteiger partial charge in [-0.2, -0.15) is 13.2 Å². The first-order chi connectivity index (χ1) is 21.5. The van der Waals surface area contributed by atoms with Crippen LogP contribution in [0.25, 0.3) is 0 Å². The number of rotatable bonds is 13. The topological polar surface area (TPSA) is 138 Å². The van der Waals surface area contributed by atoms with Crippen molar-refractivity contribution < 1.29 is 46.9 Å². The predicted molar refractivity (Wildman–Crippen MR) is 159 cm³/mol. The second-order valence-electron chi connectivity index (χ2n) is 10.8. The molecule has 1 aliphatic heterocycles. The van der Waals surface area contributed by atoms with Gasteiger partial charge in [0.1, 0.15) is 11.5 Å². The van der Waals surface area contributed by atoms with E-state index in [0.29, 0.717) is 51.6 Å². The Kier molecular flexibility index (Phi) is 13.7. The lowest BCUT2D eigenvalue weighted by atomic mass is 9.94. The Morgan fingerprint density at radius 2 is 1.69 bits per heavy atom. The fourth-order valence-electron chi connectivity index (χ4n) is 4.78. The minimum Gasteiger partial charge on any atom is -0.497 e. The fraction of sp³-hybridized carbons (Fsp3) is 0.516. The highest BCUT2D eigenvalue weighted by Gasteiger charge is 2.39. The van der Waals surface area contributed by atoms with Crippen LogP contribution in [0.5, 0.6) is 11.5 Å². The Labute approximate surface area is 260 Å². The fourth-order valence-corrected chi connectivity index (χ4v) is 4.78. The molecule has 2 atom stereocenters. The Morgan fingerprint density at radius 3 is 2.31 bits per heavy atom. The zero-order valence-corrected chi connectivity index (χ0v) is 25.4. The summed E-state index contributed by atoms with van der Waals surface area (Å²) in [6.45, 7) is 3.40. The summed E-state index contributed by atoms with van der Waals surface area (Å²) >= 11 is 0. The van der Waals surface area contributed by atoms with Gasteiger partial charge in [-0.25, -0.2) is 9.59 Å². The van der Waals surface area contributed by atoms with Crippen molar-refractivity contribution in [1.29, 1.82) is 0 Å². The predicted octanol–water partition coefficient (Wildman–Crippen LogP) is 3.71. The van der Waals surface area contributed by atoms with Crippen molar-refractivity contribution in [1.82, 2.24) is 20.9 Å². The van der Waals surface area contributed by atoms with E-state index in [-0.39, 0.29) is 29.9 Å². The summed E-state index contributed by atoms with van der Waals surface area (Å²) in [5.74, 6) is -1.39. The highest BCUT2D eigenvalue weighted by atomic mass is 19.4. The zero-order valence-electron chi connectivity index (χ0n) is 25.4. The summed E-state index contributed by atoms with van der Waals surface area (Å²) in [6.07, 6.45) is -1.65. The summed E-state index contributed by atoms with van der Waals surface area (Å²) in [6, 6.07) is 15.5. The number of amides is 3. The van der Waals surface area contributed by atoms with Gasteiger partial charge in [0.2, 0.25) is 5.91 Å². The molecule has 11 nitrogen and oxygen atoms in total. The molecule has 1 heterocycles. The maximum Gasteiger partial charge on any atom is 0.490 e. The van der Waals surface area contributed by atoms with E-state index in [1.165, 1.54) is 0 Å². The van der Waals surface area contributed by atoms with Gasteiger partial charge in [0.05, 0.1) is 19.6 Å². The number of carbonyl (C=O) groups is 3. The van der Waals surface area contributed by atoms with Crippen molar-refractivity contribution in [3.63, 3.8) is 0 Å². The molecule has 248 valence electrons. The summed E-state index contributed by atoms with van der Waals surface area (Å²) in [4.78, 5) is 37.1. The molecule has 0 aromatic heterocycles. The molecule has 4 N–H and O–H groups in total. The third-order valence-electron chi connectivity index (χ3n) is 7.13. The third-order valence-corrected chi connectivity index (χ3v) is 7.13. The Bertz CT molecular complexity index is 1250. The number of urea groups is 1. The zero-order chi connectivity index (χ0) is 32.8. The van der Waals surface area contributed by atoms with Crippen LogP contribution in [0.2, 0.25) is 0 Å². The van der Waals surface area contributed by atoms with Crippen LogP contribution in [0.15, 0.2) is 48.5 Å². The van der Waals surface area contributed by atoms with E-state index < -0.39 is 12.1 Å². The largest absolute Gasteiger partial charge is 0.497 e. The van der Waals surface area contributed by atoms with Crippen molar-refractivity contribution in [3.05, 3.63) is 59.7 Å². The molecular formula is C31H41F3N4O7. The number of benzene rings is 2. The Hall–Kier alpha value is -4.04. The molecule has 0 radical (unpaired) electrons. The third kappa shape index (κ3) is 12.5. The molecule has 2 aliphatic rings. The Morgan fingerprint density at radius 1 is 1.00 bits per heavy atom. The number of methoxy groups -OCH3 is 2. The summed E-state index contributed by atoms with van der Waals surface area (Å²) < 4.78 is 48.2. The van der Waals surface area contributed by atoms with E-state index >= 15 is 0 Å².